The second-order valence-electron chi connectivity index (χ2n) is 12.2. The zero-order valence-corrected chi connectivity index (χ0v) is 27.7. The topological polar surface area (TPSA) is 46.8 Å². The fourth-order valence-corrected chi connectivity index (χ4v) is 8.03. The number of fused-ring (bicyclic) bond motifs is 4. The highest BCUT2D eigenvalue weighted by Gasteiger charge is 2.41. The van der Waals surface area contributed by atoms with Gasteiger partial charge in [0.25, 0.3) is 0 Å². The normalized spacial score (nSPS) is 21.0. The highest BCUT2D eigenvalue weighted by molar-refractivity contribution is 14.1. The Morgan fingerprint density at radius 3 is 2.56 bits per heavy atom. The van der Waals surface area contributed by atoms with E-state index < -0.39 is 0 Å². The number of para-hydroxylation sites is 1. The van der Waals surface area contributed by atoms with Crippen LogP contribution in [0.15, 0.2) is 112 Å². The van der Waals surface area contributed by atoms with Crippen LogP contribution < -0.4 is 0 Å². The molecule has 8 rings (SSSR count). The quantitative estimate of drug-likeness (QED) is 0.149. The largest absolute Gasteiger partial charge is 0.361 e. The summed E-state index contributed by atoms with van der Waals surface area (Å²) in [5.74, 6) is 2.15. The molecule has 2 aromatic carbocycles. The molecule has 45 heavy (non-hydrogen) atoms. The first-order valence-corrected chi connectivity index (χ1v) is 17.4. The van der Waals surface area contributed by atoms with Gasteiger partial charge in [-0.1, -0.05) is 108 Å². The smallest absolute Gasteiger partial charge is 0.238 e. The number of rotatable bonds is 6. The maximum absolute atomic E-state index is 5.21. The third-order valence-electron chi connectivity index (χ3n) is 9.71. The van der Waals surface area contributed by atoms with Gasteiger partial charge < -0.3 is 4.90 Å². The predicted octanol–water partition coefficient (Wildman–Crippen LogP) is 9.56. The Labute approximate surface area is 278 Å². The van der Waals surface area contributed by atoms with Gasteiger partial charge in [-0.15, -0.1) is 0 Å². The van der Waals surface area contributed by atoms with Crippen LogP contribution in [0.2, 0.25) is 0 Å². The molecule has 2 atom stereocenters. The van der Waals surface area contributed by atoms with Crippen molar-refractivity contribution in [3.05, 3.63) is 129 Å². The summed E-state index contributed by atoms with van der Waals surface area (Å²) in [7, 11) is 0. The Kier molecular flexibility index (Phi) is 7.61. The zero-order chi connectivity index (χ0) is 30.3. The first kappa shape index (κ1) is 28.4. The molecule has 0 saturated heterocycles. The summed E-state index contributed by atoms with van der Waals surface area (Å²) >= 11 is 2.38. The maximum Gasteiger partial charge on any atom is 0.238 e. The van der Waals surface area contributed by atoms with Gasteiger partial charge in [-0.2, -0.15) is 9.97 Å². The average molecular weight is 702 g/mol. The first-order valence-electron chi connectivity index (χ1n) is 16.2. The van der Waals surface area contributed by atoms with Crippen molar-refractivity contribution in [2.45, 2.75) is 64.0 Å². The molecule has 4 aromatic rings. The lowest BCUT2D eigenvalue weighted by Gasteiger charge is -2.39. The van der Waals surface area contributed by atoms with Crippen LogP contribution in [-0.2, 0) is 6.42 Å². The Bertz CT molecular complexity index is 1970. The van der Waals surface area contributed by atoms with Crippen LogP contribution in [-0.4, -0.2) is 36.5 Å². The van der Waals surface area contributed by atoms with E-state index in [0.717, 1.165) is 61.0 Å². The number of halogens is 1. The minimum Gasteiger partial charge on any atom is -0.361 e. The van der Waals surface area contributed by atoms with E-state index in [0.29, 0.717) is 23.9 Å². The average Bonchev–Trinajstić information content (AvgIpc) is 3.59. The van der Waals surface area contributed by atoms with Crippen molar-refractivity contribution < 1.29 is 0 Å². The highest BCUT2D eigenvalue weighted by atomic mass is 127. The molecule has 0 saturated carbocycles. The van der Waals surface area contributed by atoms with E-state index in [1.54, 1.807) is 0 Å². The van der Waals surface area contributed by atoms with Gasteiger partial charge in [0.15, 0.2) is 11.6 Å². The lowest BCUT2D eigenvalue weighted by atomic mass is 9.87. The summed E-state index contributed by atoms with van der Waals surface area (Å²) in [5, 5.41) is 1.28. The Morgan fingerprint density at radius 1 is 0.933 bits per heavy atom. The van der Waals surface area contributed by atoms with Gasteiger partial charge in [-0.05, 0) is 89.5 Å². The Morgan fingerprint density at radius 2 is 1.78 bits per heavy atom. The summed E-state index contributed by atoms with van der Waals surface area (Å²) in [6, 6.07) is 20.0. The second kappa shape index (κ2) is 12.0. The van der Waals surface area contributed by atoms with Crippen molar-refractivity contribution in [2.24, 2.45) is 0 Å². The minimum atomic E-state index is 0.332. The van der Waals surface area contributed by atoms with E-state index in [4.69, 9.17) is 15.0 Å². The molecule has 6 heteroatoms. The maximum atomic E-state index is 5.21. The Hall–Kier alpha value is -4.04. The molecule has 5 nitrogen and oxygen atoms in total. The summed E-state index contributed by atoms with van der Waals surface area (Å²) in [4.78, 5) is 18.2. The molecule has 0 radical (unpaired) electrons. The van der Waals surface area contributed by atoms with E-state index in [-0.39, 0.29) is 0 Å². The predicted molar refractivity (Wildman–Crippen MR) is 193 cm³/mol. The number of allylic oxidation sites excluding steroid dienone is 6. The molecule has 0 fully saturated rings. The zero-order valence-electron chi connectivity index (χ0n) is 25.5. The molecular weight excluding hydrogens is 665 g/mol. The highest BCUT2D eigenvalue weighted by Crippen LogP contribution is 2.47. The molecule has 2 aromatic heterocycles. The molecule has 0 bridgehead atoms. The molecule has 0 N–H and O–H groups in total. The van der Waals surface area contributed by atoms with Crippen LogP contribution in [0.5, 0.6) is 0 Å². The van der Waals surface area contributed by atoms with E-state index >= 15 is 0 Å². The number of benzene rings is 2. The van der Waals surface area contributed by atoms with Crippen molar-refractivity contribution in [1.82, 2.24) is 24.4 Å². The Balaban J connectivity index is 1.35. The molecule has 3 heterocycles. The fourth-order valence-electron chi connectivity index (χ4n) is 7.69. The van der Waals surface area contributed by atoms with Crippen LogP contribution in [0.4, 0.5) is 0 Å². The van der Waals surface area contributed by atoms with Crippen LogP contribution in [0, 0.1) is 0 Å². The molecule has 0 amide bonds. The van der Waals surface area contributed by atoms with Crippen LogP contribution in [0.25, 0.3) is 39.9 Å². The molecular formula is C39H36IN5. The van der Waals surface area contributed by atoms with Gasteiger partial charge >= 0.3 is 0 Å². The minimum absolute atomic E-state index is 0.332. The third kappa shape index (κ3) is 4.94. The summed E-state index contributed by atoms with van der Waals surface area (Å²) in [6.45, 7) is 2.31. The van der Waals surface area contributed by atoms with Crippen LogP contribution >= 0.6 is 22.6 Å². The van der Waals surface area contributed by atoms with Gasteiger partial charge in [0.1, 0.15) is 0 Å². The van der Waals surface area contributed by atoms with Crippen molar-refractivity contribution >= 4 is 45.1 Å². The van der Waals surface area contributed by atoms with Crippen LogP contribution in [0.1, 0.15) is 62.5 Å². The molecule has 4 aliphatic rings. The van der Waals surface area contributed by atoms with Crippen molar-refractivity contribution in [2.75, 3.05) is 0 Å². The standard InChI is InChI=1S/C39H36IN5/c1-2-29-31-24-36-32(25-35(31)44(34(29)22-23-40)28-18-10-5-11-19-28)30-20-12-13-21-33(30)45(36)39-42-37(26-14-6-3-7-15-26)41-38(43-39)27-16-8-4-9-17-27/h3-8,10,12-16,20-24,28,35H,2,9,11,17-19,25H2,1H3/b23-22-. The number of hydrogen-bond donors (Lipinski definition) is 0. The summed E-state index contributed by atoms with van der Waals surface area (Å²) < 4.78 is 4.49. The van der Waals surface area contributed by atoms with Gasteiger partial charge in [-0.3, -0.25) is 4.57 Å². The summed E-state index contributed by atoms with van der Waals surface area (Å²) in [5.41, 5.74) is 10.2. The van der Waals surface area contributed by atoms with Gasteiger partial charge in [0.2, 0.25) is 5.95 Å². The van der Waals surface area contributed by atoms with Gasteiger partial charge in [0, 0.05) is 22.7 Å². The summed E-state index contributed by atoms with van der Waals surface area (Å²) in [6.07, 6.45) is 23.4. The van der Waals surface area contributed by atoms with Crippen molar-refractivity contribution in [3.8, 4) is 17.3 Å². The molecule has 224 valence electrons. The lowest BCUT2D eigenvalue weighted by Crippen LogP contribution is -2.42. The third-order valence-corrected chi connectivity index (χ3v) is 10.1. The monoisotopic (exact) mass is 701 g/mol. The van der Waals surface area contributed by atoms with Crippen molar-refractivity contribution in [1.29, 1.82) is 0 Å². The van der Waals surface area contributed by atoms with E-state index in [1.165, 1.54) is 39.9 Å². The van der Waals surface area contributed by atoms with E-state index in [1.807, 2.05) is 18.2 Å². The van der Waals surface area contributed by atoms with Gasteiger partial charge in [0.05, 0.1) is 17.3 Å². The second-order valence-corrected chi connectivity index (χ2v) is 12.9. The first-order chi connectivity index (χ1) is 22.2. The fraction of sp³-hybridized carbons (Fsp3) is 0.256. The number of hydrogen-bond acceptors (Lipinski definition) is 4. The SMILES string of the molecule is CCC1=C(/C=C\I)N(C2CC=CCC2)C2Cc3c(n(-c4nc(C5=CC=CCC5)nc(-c5ccccc5)n4)c4ccccc34)C=C12. The number of aromatic nitrogens is 4. The lowest BCUT2D eigenvalue weighted by molar-refractivity contribution is 0.212. The molecule has 2 unspecified atom stereocenters. The molecule has 1 aliphatic heterocycles. The molecule has 3 aliphatic carbocycles. The van der Waals surface area contributed by atoms with E-state index in [2.05, 4.69) is 122 Å². The van der Waals surface area contributed by atoms with E-state index in [9.17, 15) is 0 Å². The van der Waals surface area contributed by atoms with Crippen LogP contribution in [0.3, 0.4) is 0 Å². The molecule has 0 spiro atoms. The number of nitrogens with zero attached hydrogens (tertiary/aromatic N) is 5. The van der Waals surface area contributed by atoms with Crippen molar-refractivity contribution in [3.63, 3.8) is 0 Å². The van der Waals surface area contributed by atoms with Gasteiger partial charge in [-0.25, -0.2) is 4.98 Å².